The number of rotatable bonds is 5. The minimum absolute atomic E-state index is 0.116. The number of terminal acetylenes is 1. The van der Waals surface area contributed by atoms with Gasteiger partial charge in [-0.15, -0.1) is 6.42 Å². The van der Waals surface area contributed by atoms with Gasteiger partial charge in [-0.1, -0.05) is 36.3 Å². The third kappa shape index (κ3) is 3.57. The molecule has 19 heavy (non-hydrogen) atoms. The summed E-state index contributed by atoms with van der Waals surface area (Å²) in [7, 11) is 0. The lowest BCUT2D eigenvalue weighted by Gasteiger charge is -2.02. The normalized spacial score (nSPS) is 20.2. The highest BCUT2D eigenvalue weighted by molar-refractivity contribution is 5.92. The molecule has 0 radical (unpaired) electrons. The molecule has 98 valence electrons. The molecule has 0 bridgehead atoms. The summed E-state index contributed by atoms with van der Waals surface area (Å²) in [5.41, 5.74) is 0.879. The average Bonchev–Trinajstić information content (AvgIpc) is 3.24. The van der Waals surface area contributed by atoms with Crippen LogP contribution >= 0.6 is 0 Å². The van der Waals surface area contributed by atoms with Crippen molar-refractivity contribution in [1.82, 2.24) is 5.32 Å². The number of carbonyl (C=O) groups is 2. The van der Waals surface area contributed by atoms with Crippen molar-refractivity contribution in [3.63, 3.8) is 0 Å². The Labute approximate surface area is 110 Å². The Morgan fingerprint density at radius 1 is 1.32 bits per heavy atom. The van der Waals surface area contributed by atoms with Gasteiger partial charge in [0.05, 0.1) is 6.54 Å². The van der Waals surface area contributed by atoms with Crippen LogP contribution in [0.25, 0.3) is 0 Å². The molecule has 1 fully saturated rings. The van der Waals surface area contributed by atoms with Crippen LogP contribution < -0.4 is 5.32 Å². The minimum atomic E-state index is -0.818. The van der Waals surface area contributed by atoms with Crippen LogP contribution in [0.5, 0.6) is 0 Å². The van der Waals surface area contributed by atoms with Gasteiger partial charge in [0.15, 0.2) is 12.2 Å². The number of epoxide rings is 1. The summed E-state index contributed by atoms with van der Waals surface area (Å²) in [6.07, 6.45) is 3.41. The molecule has 2 rings (SSSR count). The van der Waals surface area contributed by atoms with Crippen LogP contribution in [0.1, 0.15) is 5.56 Å². The van der Waals surface area contributed by atoms with E-state index in [0.717, 1.165) is 5.56 Å². The van der Waals surface area contributed by atoms with Crippen molar-refractivity contribution in [2.75, 3.05) is 6.54 Å². The maximum Gasteiger partial charge on any atom is 0.338 e. The largest absolute Gasteiger partial charge is 0.459 e. The summed E-state index contributed by atoms with van der Waals surface area (Å²) in [6, 6.07) is 9.27. The topological polar surface area (TPSA) is 67.9 Å². The molecular weight excluding hydrogens is 246 g/mol. The summed E-state index contributed by atoms with van der Waals surface area (Å²) < 4.78 is 10.0. The highest BCUT2D eigenvalue weighted by atomic mass is 16.6. The van der Waals surface area contributed by atoms with Crippen molar-refractivity contribution in [2.24, 2.45) is 0 Å². The van der Waals surface area contributed by atoms with Crippen LogP contribution in [0.3, 0.4) is 0 Å². The number of ether oxygens (including phenoxy) is 2. The van der Waals surface area contributed by atoms with Gasteiger partial charge in [0, 0.05) is 0 Å². The monoisotopic (exact) mass is 259 g/mol. The summed E-state index contributed by atoms with van der Waals surface area (Å²) in [5, 5.41) is 2.45. The lowest BCUT2D eigenvalue weighted by molar-refractivity contribution is -0.146. The van der Waals surface area contributed by atoms with Gasteiger partial charge < -0.3 is 14.8 Å². The molecule has 0 saturated carbocycles. The Morgan fingerprint density at radius 2 is 2.05 bits per heavy atom. The molecule has 1 aliphatic rings. The predicted octanol–water partition coefficient (Wildman–Crippen LogP) is 0.247. The van der Waals surface area contributed by atoms with Crippen molar-refractivity contribution >= 4 is 11.9 Å². The van der Waals surface area contributed by atoms with E-state index in [9.17, 15) is 9.59 Å². The molecule has 1 saturated heterocycles. The maximum absolute atomic E-state index is 11.6. The molecule has 0 aliphatic carbocycles. The zero-order valence-corrected chi connectivity index (χ0v) is 10.2. The summed E-state index contributed by atoms with van der Waals surface area (Å²) in [4.78, 5) is 23.0. The van der Waals surface area contributed by atoms with Crippen molar-refractivity contribution in [3.05, 3.63) is 35.9 Å². The van der Waals surface area contributed by atoms with E-state index < -0.39 is 18.2 Å². The van der Waals surface area contributed by atoms with Crippen LogP contribution in [0, 0.1) is 12.3 Å². The van der Waals surface area contributed by atoms with E-state index in [1.807, 2.05) is 30.3 Å². The van der Waals surface area contributed by atoms with E-state index in [-0.39, 0.29) is 19.1 Å². The first-order valence-corrected chi connectivity index (χ1v) is 5.79. The average molecular weight is 259 g/mol. The van der Waals surface area contributed by atoms with E-state index in [0.29, 0.717) is 0 Å². The molecule has 0 spiro atoms. The van der Waals surface area contributed by atoms with Crippen LogP contribution in [0.15, 0.2) is 30.3 Å². The smallest absolute Gasteiger partial charge is 0.338 e. The van der Waals surface area contributed by atoms with Crippen LogP contribution in [0.4, 0.5) is 0 Å². The number of hydrogen-bond acceptors (Lipinski definition) is 4. The Hall–Kier alpha value is -2.32. The fourth-order valence-electron chi connectivity index (χ4n) is 1.54. The standard InChI is InChI=1S/C14H13NO4/c1-2-8-15-13(16)11-12(19-11)14(17)18-9-10-6-4-3-5-7-10/h1,3-7,11-12H,8-9H2,(H,15,16)/t11-,12-/m1/s1. The minimum Gasteiger partial charge on any atom is -0.459 e. The predicted molar refractivity (Wildman–Crippen MR) is 66.7 cm³/mol. The number of carbonyl (C=O) groups excluding carboxylic acids is 2. The van der Waals surface area contributed by atoms with Crippen molar-refractivity contribution in [2.45, 2.75) is 18.8 Å². The Bertz CT molecular complexity index is 506. The second kappa shape index (κ2) is 6.03. The second-order valence-corrected chi connectivity index (χ2v) is 3.99. The molecular formula is C14H13NO4. The van der Waals surface area contributed by atoms with Gasteiger partial charge in [0.2, 0.25) is 0 Å². The van der Waals surface area contributed by atoms with Crippen molar-refractivity contribution in [3.8, 4) is 12.3 Å². The lowest BCUT2D eigenvalue weighted by atomic mass is 10.2. The van der Waals surface area contributed by atoms with E-state index in [4.69, 9.17) is 15.9 Å². The first-order chi connectivity index (χ1) is 9.22. The molecule has 5 nitrogen and oxygen atoms in total. The summed E-state index contributed by atoms with van der Waals surface area (Å²) in [6.45, 7) is 0.280. The fraction of sp³-hybridized carbons (Fsp3) is 0.286. The molecule has 5 heteroatoms. The summed E-state index contributed by atoms with van der Waals surface area (Å²) in [5.74, 6) is 1.34. The van der Waals surface area contributed by atoms with Crippen molar-refractivity contribution in [1.29, 1.82) is 0 Å². The molecule has 1 aromatic rings. The van der Waals surface area contributed by atoms with E-state index in [1.54, 1.807) is 0 Å². The van der Waals surface area contributed by atoms with Gasteiger partial charge in [-0.3, -0.25) is 4.79 Å². The van der Waals surface area contributed by atoms with E-state index in [1.165, 1.54) is 0 Å². The zero-order chi connectivity index (χ0) is 13.7. The highest BCUT2D eigenvalue weighted by Gasteiger charge is 2.51. The van der Waals surface area contributed by atoms with Gasteiger partial charge in [0.1, 0.15) is 6.61 Å². The Morgan fingerprint density at radius 3 is 2.74 bits per heavy atom. The highest BCUT2D eigenvalue weighted by Crippen LogP contribution is 2.23. The molecule has 1 N–H and O–H groups in total. The van der Waals surface area contributed by atoms with Crippen molar-refractivity contribution < 1.29 is 19.1 Å². The third-order valence-electron chi connectivity index (χ3n) is 2.57. The maximum atomic E-state index is 11.6. The lowest BCUT2D eigenvalue weighted by Crippen LogP contribution is -2.31. The molecule has 0 aromatic heterocycles. The van der Waals surface area contributed by atoms with E-state index >= 15 is 0 Å². The van der Waals surface area contributed by atoms with Gasteiger partial charge >= 0.3 is 5.97 Å². The quantitative estimate of drug-likeness (QED) is 0.467. The molecule has 1 amide bonds. The third-order valence-corrected chi connectivity index (χ3v) is 2.57. The number of nitrogens with one attached hydrogen (secondary N) is 1. The molecule has 2 atom stereocenters. The molecule has 0 unspecified atom stereocenters. The Balaban J connectivity index is 1.74. The van der Waals surface area contributed by atoms with Gasteiger partial charge in [0.25, 0.3) is 5.91 Å². The fourth-order valence-corrected chi connectivity index (χ4v) is 1.54. The zero-order valence-electron chi connectivity index (χ0n) is 10.2. The second-order valence-electron chi connectivity index (χ2n) is 3.99. The first kappa shape index (κ1) is 13.1. The Kier molecular flexibility index (Phi) is 4.16. The number of amides is 1. The molecule has 1 aromatic carbocycles. The van der Waals surface area contributed by atoms with Gasteiger partial charge in [-0.05, 0) is 5.56 Å². The number of esters is 1. The summed E-state index contributed by atoms with van der Waals surface area (Å²) >= 11 is 0. The van der Waals surface area contributed by atoms with E-state index in [2.05, 4.69) is 11.2 Å². The molecule has 1 aliphatic heterocycles. The van der Waals surface area contributed by atoms with Gasteiger partial charge in [-0.25, -0.2) is 4.79 Å². The van der Waals surface area contributed by atoms with Crippen LogP contribution in [-0.4, -0.2) is 30.6 Å². The molecule has 1 heterocycles. The SMILES string of the molecule is C#CCNC(=O)[C@@H]1O[C@H]1C(=O)OCc1ccccc1. The van der Waals surface area contributed by atoms with Gasteiger partial charge in [-0.2, -0.15) is 0 Å². The van der Waals surface area contributed by atoms with Crippen LogP contribution in [-0.2, 0) is 25.7 Å². The van der Waals surface area contributed by atoms with Crippen LogP contribution in [0.2, 0.25) is 0 Å². The number of benzene rings is 1. The first-order valence-electron chi connectivity index (χ1n) is 5.79. The number of hydrogen-bond donors (Lipinski definition) is 1.